The number of azide groups is 1. The van der Waals surface area contributed by atoms with E-state index in [1.165, 1.54) is 0 Å². The number of benzene rings is 1. The number of rotatable bonds is 4. The van der Waals surface area contributed by atoms with Crippen molar-refractivity contribution in [3.05, 3.63) is 50.9 Å². The molecule has 0 heterocycles. The van der Waals surface area contributed by atoms with Gasteiger partial charge in [-0.2, -0.15) is 5.26 Å². The van der Waals surface area contributed by atoms with E-state index in [-0.39, 0.29) is 0 Å². The van der Waals surface area contributed by atoms with Gasteiger partial charge in [0.2, 0.25) is 0 Å². The second-order valence-electron chi connectivity index (χ2n) is 2.99. The van der Waals surface area contributed by atoms with Gasteiger partial charge in [0.15, 0.2) is 0 Å². The molecular formula is C11H9ClN4. The Labute approximate surface area is 98.4 Å². The van der Waals surface area contributed by atoms with Crippen molar-refractivity contribution in [3.63, 3.8) is 0 Å². The SMILES string of the molecule is N#Cc1ccc(Cl)cc1C=CCCN=[N+]=[N-]. The third kappa shape index (κ3) is 3.66. The van der Waals surface area contributed by atoms with E-state index < -0.39 is 0 Å². The molecule has 0 aliphatic heterocycles. The Bertz CT molecular complexity index is 481. The number of hydrogen-bond donors (Lipinski definition) is 0. The van der Waals surface area contributed by atoms with Crippen LogP contribution in [0, 0.1) is 11.3 Å². The van der Waals surface area contributed by atoms with Crippen molar-refractivity contribution in [2.24, 2.45) is 5.11 Å². The molecule has 0 aromatic heterocycles. The van der Waals surface area contributed by atoms with E-state index >= 15 is 0 Å². The number of hydrogen-bond acceptors (Lipinski definition) is 2. The predicted molar refractivity (Wildman–Crippen MR) is 63.8 cm³/mol. The van der Waals surface area contributed by atoms with Crippen molar-refractivity contribution in [1.82, 2.24) is 0 Å². The molecule has 5 heteroatoms. The van der Waals surface area contributed by atoms with Crippen LogP contribution in [0.25, 0.3) is 16.5 Å². The van der Waals surface area contributed by atoms with Gasteiger partial charge in [-0.25, -0.2) is 0 Å². The highest BCUT2D eigenvalue weighted by Gasteiger charge is 1.98. The zero-order valence-electron chi connectivity index (χ0n) is 8.47. The van der Waals surface area contributed by atoms with Crippen LogP contribution < -0.4 is 0 Å². The van der Waals surface area contributed by atoms with Gasteiger partial charge in [-0.1, -0.05) is 28.9 Å². The normalized spacial score (nSPS) is 9.75. The molecule has 0 bridgehead atoms. The van der Waals surface area contributed by atoms with E-state index in [1.807, 2.05) is 6.08 Å². The highest BCUT2D eigenvalue weighted by atomic mass is 35.5. The molecule has 1 rings (SSSR count). The van der Waals surface area contributed by atoms with E-state index in [4.69, 9.17) is 22.4 Å². The molecular weight excluding hydrogens is 224 g/mol. The van der Waals surface area contributed by atoms with Gasteiger partial charge < -0.3 is 0 Å². The Balaban J connectivity index is 2.76. The van der Waals surface area contributed by atoms with E-state index in [2.05, 4.69) is 16.1 Å². The molecule has 0 N–H and O–H groups in total. The highest BCUT2D eigenvalue weighted by Crippen LogP contribution is 2.17. The molecule has 0 spiro atoms. The second kappa shape index (κ2) is 6.52. The minimum atomic E-state index is 0.412. The van der Waals surface area contributed by atoms with Crippen LogP contribution >= 0.6 is 11.6 Å². The molecule has 0 unspecified atom stereocenters. The molecule has 0 radical (unpaired) electrons. The summed E-state index contributed by atoms with van der Waals surface area (Å²) in [6, 6.07) is 7.16. The summed E-state index contributed by atoms with van der Waals surface area (Å²) in [5, 5.41) is 12.8. The number of nitrogens with zero attached hydrogens (tertiary/aromatic N) is 4. The monoisotopic (exact) mass is 232 g/mol. The summed E-state index contributed by atoms with van der Waals surface area (Å²) in [4.78, 5) is 2.65. The Morgan fingerprint density at radius 3 is 3.06 bits per heavy atom. The fourth-order valence-corrected chi connectivity index (χ4v) is 1.34. The highest BCUT2D eigenvalue weighted by molar-refractivity contribution is 6.30. The summed E-state index contributed by atoms with van der Waals surface area (Å²) >= 11 is 5.83. The van der Waals surface area contributed by atoms with Crippen molar-refractivity contribution < 1.29 is 0 Å². The molecule has 1 aromatic carbocycles. The summed E-state index contributed by atoms with van der Waals surface area (Å²) in [6.07, 6.45) is 4.29. The van der Waals surface area contributed by atoms with Crippen LogP contribution in [0.1, 0.15) is 17.5 Å². The molecule has 0 aliphatic carbocycles. The van der Waals surface area contributed by atoms with Crippen molar-refractivity contribution in [3.8, 4) is 6.07 Å². The minimum absolute atomic E-state index is 0.412. The maximum absolute atomic E-state index is 8.86. The lowest BCUT2D eigenvalue weighted by Gasteiger charge is -1.98. The van der Waals surface area contributed by atoms with Gasteiger partial charge in [0.1, 0.15) is 0 Å². The van der Waals surface area contributed by atoms with Gasteiger partial charge in [0.05, 0.1) is 11.6 Å². The number of halogens is 1. The minimum Gasteiger partial charge on any atom is -0.192 e. The summed E-state index contributed by atoms with van der Waals surface area (Å²) in [7, 11) is 0. The van der Waals surface area contributed by atoms with Gasteiger partial charge in [-0.15, -0.1) is 0 Å². The molecule has 0 amide bonds. The van der Waals surface area contributed by atoms with Crippen molar-refractivity contribution in [1.29, 1.82) is 5.26 Å². The Morgan fingerprint density at radius 1 is 1.56 bits per heavy atom. The van der Waals surface area contributed by atoms with Crippen LogP contribution in [0.4, 0.5) is 0 Å². The van der Waals surface area contributed by atoms with Crippen LogP contribution in [0.5, 0.6) is 0 Å². The lowest BCUT2D eigenvalue weighted by atomic mass is 10.1. The van der Waals surface area contributed by atoms with Crippen LogP contribution in [-0.4, -0.2) is 6.54 Å². The van der Waals surface area contributed by atoms with Gasteiger partial charge in [-0.05, 0) is 35.7 Å². The van der Waals surface area contributed by atoms with E-state index in [9.17, 15) is 0 Å². The van der Waals surface area contributed by atoms with E-state index in [1.54, 1.807) is 24.3 Å². The topological polar surface area (TPSA) is 72.5 Å². The molecule has 16 heavy (non-hydrogen) atoms. The van der Waals surface area contributed by atoms with Crippen molar-refractivity contribution in [2.75, 3.05) is 6.54 Å². The summed E-state index contributed by atoms with van der Waals surface area (Å²) < 4.78 is 0. The Kier molecular flexibility index (Phi) is 4.94. The lowest BCUT2D eigenvalue weighted by Crippen LogP contribution is -1.82. The first-order valence-corrected chi connectivity index (χ1v) is 5.03. The molecule has 4 nitrogen and oxygen atoms in total. The molecule has 1 aromatic rings. The standard InChI is InChI=1S/C11H9ClN4/c12-11-5-4-10(8-13)9(7-11)3-1-2-6-15-16-14/h1,3-5,7H,2,6H2. The molecule has 0 saturated carbocycles. The summed E-state index contributed by atoms with van der Waals surface area (Å²) in [6.45, 7) is 0.412. The van der Waals surface area contributed by atoms with Crippen LogP contribution in [0.3, 0.4) is 0 Å². The van der Waals surface area contributed by atoms with Crippen LogP contribution in [-0.2, 0) is 0 Å². The van der Waals surface area contributed by atoms with E-state index in [0.29, 0.717) is 23.6 Å². The van der Waals surface area contributed by atoms with Crippen LogP contribution in [0.2, 0.25) is 5.02 Å². The first-order valence-electron chi connectivity index (χ1n) is 4.65. The Morgan fingerprint density at radius 2 is 2.38 bits per heavy atom. The average Bonchev–Trinajstić information content (AvgIpc) is 2.29. The van der Waals surface area contributed by atoms with Gasteiger partial charge in [-0.3, -0.25) is 0 Å². The molecule has 0 atom stereocenters. The van der Waals surface area contributed by atoms with Gasteiger partial charge in [0, 0.05) is 16.5 Å². The summed E-state index contributed by atoms with van der Waals surface area (Å²) in [5.74, 6) is 0. The largest absolute Gasteiger partial charge is 0.192 e. The fraction of sp³-hybridized carbons (Fsp3) is 0.182. The molecule has 0 saturated heterocycles. The van der Waals surface area contributed by atoms with Crippen LogP contribution in [0.15, 0.2) is 29.4 Å². The third-order valence-corrected chi connectivity index (χ3v) is 2.13. The quantitative estimate of drug-likeness (QED) is 0.336. The molecule has 0 fully saturated rings. The first kappa shape index (κ1) is 12.1. The lowest BCUT2D eigenvalue weighted by molar-refractivity contribution is 0.995. The first-order chi connectivity index (χ1) is 7.77. The zero-order chi connectivity index (χ0) is 11.8. The fourth-order valence-electron chi connectivity index (χ4n) is 1.16. The maximum Gasteiger partial charge on any atom is 0.0997 e. The molecule has 80 valence electrons. The Hall–Kier alpha value is -1.95. The average molecular weight is 233 g/mol. The van der Waals surface area contributed by atoms with Gasteiger partial charge >= 0.3 is 0 Å². The molecule has 0 aliphatic rings. The number of nitriles is 1. The van der Waals surface area contributed by atoms with Gasteiger partial charge in [0.25, 0.3) is 0 Å². The summed E-state index contributed by atoms with van der Waals surface area (Å²) in [5.41, 5.74) is 9.42. The second-order valence-corrected chi connectivity index (χ2v) is 3.43. The van der Waals surface area contributed by atoms with E-state index in [0.717, 1.165) is 5.56 Å². The maximum atomic E-state index is 8.86. The van der Waals surface area contributed by atoms with Crippen molar-refractivity contribution in [2.45, 2.75) is 6.42 Å². The predicted octanol–water partition coefficient (Wildman–Crippen LogP) is 3.93. The third-order valence-electron chi connectivity index (χ3n) is 1.89. The smallest absolute Gasteiger partial charge is 0.0997 e. The zero-order valence-corrected chi connectivity index (χ0v) is 9.22. The van der Waals surface area contributed by atoms with Crippen molar-refractivity contribution >= 4 is 17.7 Å².